The molecule has 0 bridgehead atoms. The molecule has 0 saturated carbocycles. The molecule has 3 rings (SSSR count). The highest BCUT2D eigenvalue weighted by Gasteiger charge is 2.27. The Kier molecular flexibility index (Phi) is 7.37. The number of likely N-dealkylation sites (tertiary alicyclic amines) is 1. The van der Waals surface area contributed by atoms with Crippen LogP contribution in [0.15, 0.2) is 33.8 Å². The minimum atomic E-state index is -0.512. The number of carbonyl (C=O) groups is 1. The number of guanidine groups is 1. The number of aliphatic imine (C=N–C) groups is 1. The predicted octanol–water partition coefficient (Wildman–Crippen LogP) is 3.11. The van der Waals surface area contributed by atoms with Gasteiger partial charge in [0.2, 0.25) is 11.7 Å². The zero-order chi connectivity index (χ0) is 22.4. The molecule has 168 valence electrons. The Bertz CT molecular complexity index is 907. The third kappa shape index (κ3) is 6.85. The summed E-state index contributed by atoms with van der Waals surface area (Å²) in [5.41, 5.74) is 0.339. The van der Waals surface area contributed by atoms with Crippen LogP contribution < -0.4 is 10.6 Å². The molecule has 10 heteroatoms. The van der Waals surface area contributed by atoms with Crippen molar-refractivity contribution in [3.63, 3.8) is 0 Å². The van der Waals surface area contributed by atoms with E-state index in [0.717, 1.165) is 24.5 Å². The molecular weight excluding hydrogens is 420 g/mol. The summed E-state index contributed by atoms with van der Waals surface area (Å²) in [6.45, 7) is 7.60. The molecule has 1 fully saturated rings. The van der Waals surface area contributed by atoms with Gasteiger partial charge in [-0.3, -0.25) is 4.99 Å². The maximum atomic E-state index is 12.0. The summed E-state index contributed by atoms with van der Waals surface area (Å²) in [6, 6.07) is 7.31. The normalized spacial score (nSPS) is 17.0. The van der Waals surface area contributed by atoms with Gasteiger partial charge in [0.15, 0.2) is 5.96 Å². The van der Waals surface area contributed by atoms with Crippen molar-refractivity contribution in [3.8, 4) is 11.4 Å². The quantitative estimate of drug-likeness (QED) is 0.534. The van der Waals surface area contributed by atoms with E-state index >= 15 is 0 Å². The molecule has 0 radical (unpaired) electrons. The molecule has 1 aromatic heterocycles. The Hall–Kier alpha value is -2.81. The van der Waals surface area contributed by atoms with Crippen molar-refractivity contribution in [3.05, 3.63) is 35.2 Å². The first-order valence-electron chi connectivity index (χ1n) is 10.3. The van der Waals surface area contributed by atoms with Crippen molar-refractivity contribution < 1.29 is 14.1 Å². The molecular formula is C21H29ClN6O3. The Balaban J connectivity index is 1.45. The van der Waals surface area contributed by atoms with Gasteiger partial charge in [-0.05, 0) is 51.5 Å². The molecule has 2 aromatic rings. The average Bonchev–Trinajstić information content (AvgIpc) is 3.34. The van der Waals surface area contributed by atoms with Gasteiger partial charge in [-0.25, -0.2) is 4.79 Å². The van der Waals surface area contributed by atoms with Gasteiger partial charge in [0.05, 0.1) is 6.04 Å². The van der Waals surface area contributed by atoms with Crippen LogP contribution in [0, 0.1) is 0 Å². The monoisotopic (exact) mass is 448 g/mol. The predicted molar refractivity (Wildman–Crippen MR) is 119 cm³/mol. The first kappa shape index (κ1) is 22.9. The minimum Gasteiger partial charge on any atom is -0.444 e. The summed E-state index contributed by atoms with van der Waals surface area (Å²) in [7, 11) is 1.74. The van der Waals surface area contributed by atoms with Gasteiger partial charge in [-0.15, -0.1) is 0 Å². The van der Waals surface area contributed by atoms with Crippen molar-refractivity contribution in [1.29, 1.82) is 0 Å². The second-order valence-corrected chi connectivity index (χ2v) is 8.76. The van der Waals surface area contributed by atoms with E-state index in [-0.39, 0.29) is 6.04 Å². The Labute approximate surface area is 187 Å². The van der Waals surface area contributed by atoms with E-state index in [1.54, 1.807) is 19.2 Å². The van der Waals surface area contributed by atoms with Gasteiger partial charge in [0.1, 0.15) is 5.60 Å². The number of hydrogen-bond acceptors (Lipinski definition) is 6. The molecule has 1 amide bonds. The van der Waals surface area contributed by atoms with E-state index in [0.29, 0.717) is 36.2 Å². The maximum absolute atomic E-state index is 12.0. The number of hydrogen-bond donors (Lipinski definition) is 2. The zero-order valence-electron chi connectivity index (χ0n) is 18.3. The SMILES string of the molecule is CN=C(NCCc1nc(-c2ccc(Cl)cc2)no1)N1CCC(NC(=O)OC(C)(C)C)C1. The first-order valence-corrected chi connectivity index (χ1v) is 10.6. The highest BCUT2D eigenvalue weighted by atomic mass is 35.5. The third-order valence-corrected chi connectivity index (χ3v) is 4.86. The summed E-state index contributed by atoms with van der Waals surface area (Å²) in [5.74, 6) is 1.84. The van der Waals surface area contributed by atoms with Crippen molar-refractivity contribution in [1.82, 2.24) is 25.7 Å². The van der Waals surface area contributed by atoms with Crippen molar-refractivity contribution in [2.24, 2.45) is 4.99 Å². The van der Waals surface area contributed by atoms with Crippen LogP contribution in [0.4, 0.5) is 4.79 Å². The van der Waals surface area contributed by atoms with Crippen LogP contribution in [0.2, 0.25) is 5.02 Å². The molecule has 1 atom stereocenters. The largest absolute Gasteiger partial charge is 0.444 e. The van der Waals surface area contributed by atoms with Crippen LogP contribution in [-0.2, 0) is 11.2 Å². The van der Waals surface area contributed by atoms with E-state index in [1.165, 1.54) is 0 Å². The zero-order valence-corrected chi connectivity index (χ0v) is 19.1. The fraction of sp³-hybridized carbons (Fsp3) is 0.524. The lowest BCUT2D eigenvalue weighted by molar-refractivity contribution is 0.0507. The van der Waals surface area contributed by atoms with E-state index in [9.17, 15) is 4.79 Å². The summed E-state index contributed by atoms with van der Waals surface area (Å²) in [6.07, 6.45) is 0.997. The Morgan fingerprint density at radius 2 is 2.10 bits per heavy atom. The van der Waals surface area contributed by atoms with Crippen molar-refractivity contribution in [2.75, 3.05) is 26.7 Å². The van der Waals surface area contributed by atoms with Crippen LogP contribution in [0.25, 0.3) is 11.4 Å². The van der Waals surface area contributed by atoms with Crippen LogP contribution in [0.1, 0.15) is 33.1 Å². The molecule has 1 aliphatic heterocycles. The second-order valence-electron chi connectivity index (χ2n) is 8.32. The second kappa shape index (κ2) is 10.00. The third-order valence-electron chi connectivity index (χ3n) is 4.61. The molecule has 1 aromatic carbocycles. The highest BCUT2D eigenvalue weighted by molar-refractivity contribution is 6.30. The number of halogens is 1. The summed E-state index contributed by atoms with van der Waals surface area (Å²) < 4.78 is 10.7. The van der Waals surface area contributed by atoms with Gasteiger partial charge in [0, 0.05) is 43.7 Å². The lowest BCUT2D eigenvalue weighted by Crippen LogP contribution is -2.44. The Morgan fingerprint density at radius 1 is 1.35 bits per heavy atom. The molecule has 9 nitrogen and oxygen atoms in total. The number of nitrogens with zero attached hydrogens (tertiary/aromatic N) is 4. The summed E-state index contributed by atoms with van der Waals surface area (Å²) in [4.78, 5) is 22.9. The van der Waals surface area contributed by atoms with Crippen LogP contribution in [0.5, 0.6) is 0 Å². The van der Waals surface area contributed by atoms with Crippen molar-refractivity contribution in [2.45, 2.75) is 45.3 Å². The number of benzene rings is 1. The maximum Gasteiger partial charge on any atom is 0.407 e. The molecule has 1 aliphatic rings. The Morgan fingerprint density at radius 3 is 2.77 bits per heavy atom. The standard InChI is InChI=1S/C21H29ClN6O3/c1-21(2,3)30-20(29)25-16-10-12-28(13-16)19(23-4)24-11-9-17-26-18(27-31-17)14-5-7-15(22)8-6-14/h5-8,16H,9-13H2,1-4H3,(H,23,24)(H,25,29). The first-order chi connectivity index (χ1) is 14.7. The number of rotatable bonds is 5. The molecule has 1 saturated heterocycles. The van der Waals surface area contributed by atoms with E-state index in [1.807, 2.05) is 32.9 Å². The average molecular weight is 449 g/mol. The van der Waals surface area contributed by atoms with Crippen LogP contribution in [0.3, 0.4) is 0 Å². The highest BCUT2D eigenvalue weighted by Crippen LogP contribution is 2.18. The minimum absolute atomic E-state index is 0.0197. The summed E-state index contributed by atoms with van der Waals surface area (Å²) >= 11 is 5.91. The number of ether oxygens (including phenoxy) is 1. The molecule has 0 aliphatic carbocycles. The van der Waals surface area contributed by atoms with Gasteiger partial charge in [0.25, 0.3) is 0 Å². The fourth-order valence-corrected chi connectivity index (χ4v) is 3.36. The fourth-order valence-electron chi connectivity index (χ4n) is 3.23. The number of aromatic nitrogens is 2. The molecule has 2 N–H and O–H groups in total. The molecule has 0 spiro atoms. The lowest BCUT2D eigenvalue weighted by atomic mass is 10.2. The molecule has 31 heavy (non-hydrogen) atoms. The van der Waals surface area contributed by atoms with Gasteiger partial charge in [-0.2, -0.15) is 4.98 Å². The topological polar surface area (TPSA) is 105 Å². The summed E-state index contributed by atoms with van der Waals surface area (Å²) in [5, 5.41) is 10.9. The van der Waals surface area contributed by atoms with Crippen LogP contribution in [-0.4, -0.2) is 65.4 Å². The van der Waals surface area contributed by atoms with Gasteiger partial charge in [-0.1, -0.05) is 16.8 Å². The number of alkyl carbamates (subject to hydrolysis) is 1. The number of carbonyl (C=O) groups excluding carboxylic acids is 1. The van der Waals surface area contributed by atoms with E-state index in [2.05, 4.69) is 30.7 Å². The number of nitrogens with one attached hydrogen (secondary N) is 2. The number of amides is 1. The van der Waals surface area contributed by atoms with Gasteiger partial charge >= 0.3 is 6.09 Å². The smallest absolute Gasteiger partial charge is 0.407 e. The lowest BCUT2D eigenvalue weighted by Gasteiger charge is -2.23. The van der Waals surface area contributed by atoms with E-state index in [4.69, 9.17) is 20.9 Å². The van der Waals surface area contributed by atoms with Crippen molar-refractivity contribution >= 4 is 23.7 Å². The molecule has 1 unspecified atom stereocenters. The van der Waals surface area contributed by atoms with E-state index < -0.39 is 11.7 Å². The molecule has 2 heterocycles. The van der Waals surface area contributed by atoms with Gasteiger partial charge < -0.3 is 24.8 Å². The van der Waals surface area contributed by atoms with Crippen LogP contribution >= 0.6 is 11.6 Å².